The first-order valence-corrected chi connectivity index (χ1v) is 10.3. The number of nitrogens with one attached hydrogen (secondary N) is 1. The van der Waals surface area contributed by atoms with Crippen molar-refractivity contribution in [2.75, 3.05) is 26.0 Å². The first-order chi connectivity index (χ1) is 12.2. The number of rotatable bonds is 8. The minimum absolute atomic E-state index is 0.0403. The third kappa shape index (κ3) is 5.05. The minimum Gasteiger partial charge on any atom is -0.410 e. The molecule has 1 N–H and O–H groups in total. The van der Waals surface area contributed by atoms with Crippen molar-refractivity contribution in [3.05, 3.63) is 16.5 Å². The van der Waals surface area contributed by atoms with Crippen LogP contribution in [0.1, 0.15) is 30.2 Å². The second-order valence-corrected chi connectivity index (χ2v) is 8.33. The minimum atomic E-state index is -0.0403. The number of carbonyl (C=O) groups excluding carboxylic acids is 1. The van der Waals surface area contributed by atoms with Gasteiger partial charge < -0.3 is 14.5 Å². The molecule has 1 aliphatic rings. The normalized spacial score (nSPS) is 16.6. The van der Waals surface area contributed by atoms with Gasteiger partial charge >= 0.3 is 0 Å². The summed E-state index contributed by atoms with van der Waals surface area (Å²) in [5.74, 6) is 1.52. The van der Waals surface area contributed by atoms with Crippen LogP contribution in [0.25, 0.3) is 10.8 Å². The Morgan fingerprint density at radius 2 is 2.40 bits per heavy atom. The van der Waals surface area contributed by atoms with E-state index in [1.807, 2.05) is 0 Å². The van der Waals surface area contributed by atoms with Crippen LogP contribution in [0.15, 0.2) is 15.7 Å². The predicted molar refractivity (Wildman–Crippen MR) is 99.0 cm³/mol. The Balaban J connectivity index is 1.52. The topological polar surface area (TPSA) is 77.2 Å². The standard InChI is InChI=1S/C17H23N3O3S2/c1-11-4-5-13-12(8-11)9-14(25-13)16-19-20-17(23-16)24-10-15(21)18-6-3-7-22-2/h9,11H,3-8,10H2,1-2H3,(H,18,21)/t11-/m1/s1. The molecular formula is C17H23N3O3S2. The molecule has 8 heteroatoms. The van der Waals surface area contributed by atoms with Crippen molar-refractivity contribution in [2.45, 2.75) is 37.8 Å². The van der Waals surface area contributed by atoms with Crippen LogP contribution in [0.4, 0.5) is 0 Å². The molecule has 0 aliphatic heterocycles. The second kappa shape index (κ2) is 8.82. The summed E-state index contributed by atoms with van der Waals surface area (Å²) in [6.07, 6.45) is 4.32. The van der Waals surface area contributed by atoms with E-state index in [1.165, 1.54) is 28.6 Å². The van der Waals surface area contributed by atoms with Crippen LogP contribution in [0, 0.1) is 5.92 Å². The fourth-order valence-electron chi connectivity index (χ4n) is 2.80. The first-order valence-electron chi connectivity index (χ1n) is 8.49. The van der Waals surface area contributed by atoms with E-state index in [-0.39, 0.29) is 11.7 Å². The number of hydrogen-bond acceptors (Lipinski definition) is 7. The Kier molecular flexibility index (Phi) is 6.50. The number of amides is 1. The number of thiophene rings is 1. The van der Waals surface area contributed by atoms with E-state index < -0.39 is 0 Å². The number of thioether (sulfide) groups is 1. The second-order valence-electron chi connectivity index (χ2n) is 6.27. The van der Waals surface area contributed by atoms with Crippen LogP contribution in [0.2, 0.25) is 0 Å². The molecule has 2 aromatic heterocycles. The summed E-state index contributed by atoms with van der Waals surface area (Å²) in [6, 6.07) is 2.18. The largest absolute Gasteiger partial charge is 0.410 e. The van der Waals surface area contributed by atoms with E-state index in [0.29, 0.717) is 24.3 Å². The SMILES string of the molecule is COCCCNC(=O)CSc1nnc(-c2cc3c(s2)CC[C@@H](C)C3)o1. The number of methoxy groups -OCH3 is 1. The Bertz CT molecular complexity index is 714. The zero-order valence-corrected chi connectivity index (χ0v) is 16.2. The van der Waals surface area contributed by atoms with Gasteiger partial charge in [-0.2, -0.15) is 0 Å². The smallest absolute Gasteiger partial charge is 0.277 e. The van der Waals surface area contributed by atoms with Gasteiger partial charge in [0.25, 0.3) is 11.1 Å². The molecule has 6 nitrogen and oxygen atoms in total. The number of carbonyl (C=O) groups is 1. The number of nitrogens with zero attached hydrogens (tertiary/aromatic N) is 2. The Morgan fingerprint density at radius 1 is 1.52 bits per heavy atom. The van der Waals surface area contributed by atoms with Crippen molar-refractivity contribution in [3.63, 3.8) is 0 Å². The lowest BCUT2D eigenvalue weighted by molar-refractivity contribution is -0.118. The monoisotopic (exact) mass is 381 g/mol. The quantitative estimate of drug-likeness (QED) is 0.559. The molecule has 25 heavy (non-hydrogen) atoms. The van der Waals surface area contributed by atoms with Crippen LogP contribution >= 0.6 is 23.1 Å². The van der Waals surface area contributed by atoms with Crippen molar-refractivity contribution >= 4 is 29.0 Å². The maximum atomic E-state index is 11.8. The van der Waals surface area contributed by atoms with Gasteiger partial charge in [-0.15, -0.1) is 21.5 Å². The van der Waals surface area contributed by atoms with Gasteiger partial charge in [-0.1, -0.05) is 18.7 Å². The van der Waals surface area contributed by atoms with Crippen LogP contribution in [-0.2, 0) is 22.4 Å². The average Bonchev–Trinajstić information content (AvgIpc) is 3.23. The number of aryl methyl sites for hydroxylation is 1. The van der Waals surface area contributed by atoms with E-state index in [4.69, 9.17) is 9.15 Å². The maximum Gasteiger partial charge on any atom is 0.277 e. The summed E-state index contributed by atoms with van der Waals surface area (Å²) in [5.41, 5.74) is 1.42. The van der Waals surface area contributed by atoms with E-state index >= 15 is 0 Å². The highest BCUT2D eigenvalue weighted by molar-refractivity contribution is 7.99. The summed E-state index contributed by atoms with van der Waals surface area (Å²) in [7, 11) is 1.65. The van der Waals surface area contributed by atoms with Gasteiger partial charge in [-0.05, 0) is 43.2 Å². The lowest BCUT2D eigenvalue weighted by Crippen LogP contribution is -2.26. The summed E-state index contributed by atoms with van der Waals surface area (Å²) in [4.78, 5) is 14.2. The molecule has 0 fully saturated rings. The lowest BCUT2D eigenvalue weighted by atomic mass is 9.90. The highest BCUT2D eigenvalue weighted by Crippen LogP contribution is 2.37. The van der Waals surface area contributed by atoms with Crippen LogP contribution in [-0.4, -0.2) is 42.1 Å². The molecule has 2 aromatic rings. The number of ether oxygens (including phenoxy) is 1. The summed E-state index contributed by atoms with van der Waals surface area (Å²) in [5, 5.41) is 11.5. The highest BCUT2D eigenvalue weighted by atomic mass is 32.2. The third-order valence-corrected chi connectivity index (χ3v) is 6.16. The van der Waals surface area contributed by atoms with E-state index in [0.717, 1.165) is 30.1 Å². The highest BCUT2D eigenvalue weighted by Gasteiger charge is 2.21. The molecule has 0 aromatic carbocycles. The van der Waals surface area contributed by atoms with Gasteiger partial charge in [0.2, 0.25) is 5.91 Å². The van der Waals surface area contributed by atoms with Crippen molar-refractivity contribution in [2.24, 2.45) is 5.92 Å². The van der Waals surface area contributed by atoms with E-state index in [9.17, 15) is 4.79 Å². The summed E-state index contributed by atoms with van der Waals surface area (Å²) >= 11 is 3.01. The number of fused-ring (bicyclic) bond motifs is 1. The van der Waals surface area contributed by atoms with Gasteiger partial charge in [0.05, 0.1) is 10.6 Å². The third-order valence-electron chi connectivity index (χ3n) is 4.12. The Labute approximate surface area is 155 Å². The van der Waals surface area contributed by atoms with Crippen molar-refractivity contribution in [1.82, 2.24) is 15.5 Å². The fourth-order valence-corrected chi connectivity index (χ4v) is 4.52. The molecule has 0 spiro atoms. The van der Waals surface area contributed by atoms with Crippen LogP contribution in [0.5, 0.6) is 0 Å². The molecule has 0 unspecified atom stereocenters. The molecule has 1 aliphatic carbocycles. The van der Waals surface area contributed by atoms with Gasteiger partial charge in [0, 0.05) is 25.1 Å². The molecule has 0 saturated heterocycles. The van der Waals surface area contributed by atoms with Gasteiger partial charge in [-0.25, -0.2) is 0 Å². The molecule has 1 amide bonds. The maximum absolute atomic E-state index is 11.8. The summed E-state index contributed by atoms with van der Waals surface area (Å²) in [6.45, 7) is 3.55. The van der Waals surface area contributed by atoms with Crippen molar-refractivity contribution in [1.29, 1.82) is 0 Å². The molecule has 0 radical (unpaired) electrons. The molecule has 1 atom stereocenters. The van der Waals surface area contributed by atoms with E-state index in [1.54, 1.807) is 18.4 Å². The fraction of sp³-hybridized carbons (Fsp3) is 0.588. The van der Waals surface area contributed by atoms with Gasteiger partial charge in [-0.3, -0.25) is 4.79 Å². The van der Waals surface area contributed by atoms with Gasteiger partial charge in [0.1, 0.15) is 0 Å². The van der Waals surface area contributed by atoms with Crippen molar-refractivity contribution in [3.8, 4) is 10.8 Å². The zero-order chi connectivity index (χ0) is 17.6. The number of hydrogen-bond donors (Lipinski definition) is 1. The number of aromatic nitrogens is 2. The molecule has 2 heterocycles. The lowest BCUT2D eigenvalue weighted by Gasteiger charge is -2.16. The predicted octanol–water partition coefficient (Wildman–Crippen LogP) is 3.17. The molecule has 136 valence electrons. The summed E-state index contributed by atoms with van der Waals surface area (Å²) < 4.78 is 10.7. The average molecular weight is 382 g/mol. The van der Waals surface area contributed by atoms with E-state index in [2.05, 4.69) is 28.5 Å². The Morgan fingerprint density at radius 3 is 3.24 bits per heavy atom. The van der Waals surface area contributed by atoms with Crippen LogP contribution in [0.3, 0.4) is 0 Å². The van der Waals surface area contributed by atoms with Crippen LogP contribution < -0.4 is 5.32 Å². The molecule has 3 rings (SSSR count). The molecule has 0 saturated carbocycles. The Hall–Kier alpha value is -1.38. The van der Waals surface area contributed by atoms with Crippen molar-refractivity contribution < 1.29 is 13.9 Å². The zero-order valence-electron chi connectivity index (χ0n) is 14.5. The first kappa shape index (κ1) is 18.4. The molecule has 0 bridgehead atoms. The van der Waals surface area contributed by atoms with Gasteiger partial charge in [0.15, 0.2) is 0 Å². The molecular weight excluding hydrogens is 358 g/mol.